The lowest BCUT2D eigenvalue weighted by Crippen LogP contribution is -2.23. The van der Waals surface area contributed by atoms with E-state index in [1.54, 1.807) is 6.07 Å². The van der Waals surface area contributed by atoms with Crippen molar-refractivity contribution >= 4 is 0 Å². The van der Waals surface area contributed by atoms with E-state index < -0.39 is 0 Å². The summed E-state index contributed by atoms with van der Waals surface area (Å²) in [6, 6.07) is 4.49. The van der Waals surface area contributed by atoms with Crippen LogP contribution >= 0.6 is 0 Å². The summed E-state index contributed by atoms with van der Waals surface area (Å²) in [5.74, 6) is 0.598. The standard InChI is InChI=1S/C10H11FO2/c11-9-1-2-10-8(4-9)3-7(5-12)6-13-10/h1-2,4,7,12H,3,5-6H2. The highest BCUT2D eigenvalue weighted by Gasteiger charge is 2.19. The molecule has 2 nitrogen and oxygen atoms in total. The molecule has 1 N–H and O–H groups in total. The van der Waals surface area contributed by atoms with Crippen LogP contribution < -0.4 is 4.74 Å². The molecular weight excluding hydrogens is 171 g/mol. The van der Waals surface area contributed by atoms with Crippen LogP contribution in [0.15, 0.2) is 18.2 Å². The van der Waals surface area contributed by atoms with Gasteiger partial charge in [-0.3, -0.25) is 0 Å². The maximum Gasteiger partial charge on any atom is 0.123 e. The van der Waals surface area contributed by atoms with Crippen molar-refractivity contribution in [2.75, 3.05) is 13.2 Å². The van der Waals surface area contributed by atoms with E-state index in [1.807, 2.05) is 0 Å². The molecule has 0 radical (unpaired) electrons. The lowest BCUT2D eigenvalue weighted by atomic mass is 9.97. The van der Waals surface area contributed by atoms with Crippen molar-refractivity contribution in [2.24, 2.45) is 5.92 Å². The molecule has 13 heavy (non-hydrogen) atoms. The van der Waals surface area contributed by atoms with Crippen LogP contribution in [0, 0.1) is 11.7 Å². The van der Waals surface area contributed by atoms with Crippen molar-refractivity contribution in [1.29, 1.82) is 0 Å². The van der Waals surface area contributed by atoms with Crippen LogP contribution in [0.1, 0.15) is 5.56 Å². The lowest BCUT2D eigenvalue weighted by Gasteiger charge is -2.23. The van der Waals surface area contributed by atoms with E-state index in [0.717, 1.165) is 11.3 Å². The van der Waals surface area contributed by atoms with Crippen LogP contribution in [0.2, 0.25) is 0 Å². The van der Waals surface area contributed by atoms with Gasteiger partial charge in [-0.25, -0.2) is 4.39 Å². The first kappa shape index (κ1) is 8.51. The van der Waals surface area contributed by atoms with Crippen molar-refractivity contribution in [2.45, 2.75) is 6.42 Å². The predicted molar refractivity (Wildman–Crippen MR) is 46.2 cm³/mol. The molecule has 70 valence electrons. The van der Waals surface area contributed by atoms with E-state index in [9.17, 15) is 4.39 Å². The Bertz CT molecular complexity index is 312. The molecule has 0 amide bonds. The van der Waals surface area contributed by atoms with Gasteiger partial charge >= 0.3 is 0 Å². The molecule has 1 heterocycles. The largest absolute Gasteiger partial charge is 0.493 e. The van der Waals surface area contributed by atoms with Crippen LogP contribution in [-0.2, 0) is 6.42 Å². The first-order valence-electron chi connectivity index (χ1n) is 4.31. The van der Waals surface area contributed by atoms with Gasteiger partial charge in [-0.05, 0) is 30.2 Å². The van der Waals surface area contributed by atoms with Crippen LogP contribution in [-0.4, -0.2) is 18.3 Å². The maximum atomic E-state index is 12.8. The first-order valence-corrected chi connectivity index (χ1v) is 4.31. The highest BCUT2D eigenvalue weighted by atomic mass is 19.1. The number of halogens is 1. The molecule has 0 fully saturated rings. The SMILES string of the molecule is OCC1COc2ccc(F)cc2C1. The van der Waals surface area contributed by atoms with Crippen molar-refractivity contribution in [3.05, 3.63) is 29.6 Å². The summed E-state index contributed by atoms with van der Waals surface area (Å²) in [4.78, 5) is 0. The predicted octanol–water partition coefficient (Wildman–Crippen LogP) is 1.37. The fourth-order valence-electron chi connectivity index (χ4n) is 1.54. The zero-order chi connectivity index (χ0) is 9.26. The van der Waals surface area contributed by atoms with E-state index in [2.05, 4.69) is 0 Å². The molecule has 0 spiro atoms. The van der Waals surface area contributed by atoms with Gasteiger partial charge in [0.15, 0.2) is 0 Å². The van der Waals surface area contributed by atoms with Crippen LogP contribution in [0.3, 0.4) is 0 Å². The molecular formula is C10H11FO2. The van der Waals surface area contributed by atoms with Gasteiger partial charge in [0.25, 0.3) is 0 Å². The highest BCUT2D eigenvalue weighted by Crippen LogP contribution is 2.27. The molecule has 1 unspecified atom stereocenters. The second-order valence-corrected chi connectivity index (χ2v) is 3.32. The molecule has 1 aliphatic heterocycles. The Balaban J connectivity index is 2.27. The average Bonchev–Trinajstić information content (AvgIpc) is 2.16. The third-order valence-electron chi connectivity index (χ3n) is 2.26. The third kappa shape index (κ3) is 1.65. The number of hydrogen-bond donors (Lipinski definition) is 1. The Kier molecular flexibility index (Phi) is 2.19. The Hall–Kier alpha value is -1.09. The topological polar surface area (TPSA) is 29.5 Å². The number of benzene rings is 1. The molecule has 0 saturated carbocycles. The van der Waals surface area contributed by atoms with Crippen molar-refractivity contribution < 1.29 is 14.2 Å². The van der Waals surface area contributed by atoms with Crippen LogP contribution in [0.25, 0.3) is 0 Å². The fourth-order valence-corrected chi connectivity index (χ4v) is 1.54. The number of fused-ring (bicyclic) bond motifs is 1. The minimum absolute atomic E-state index is 0.0932. The summed E-state index contributed by atoms with van der Waals surface area (Å²) in [7, 11) is 0. The Morgan fingerprint density at radius 3 is 3.15 bits per heavy atom. The second-order valence-electron chi connectivity index (χ2n) is 3.32. The molecule has 0 saturated heterocycles. The molecule has 3 heteroatoms. The Labute approximate surface area is 76.0 Å². The monoisotopic (exact) mass is 182 g/mol. The van der Waals surface area contributed by atoms with E-state index in [4.69, 9.17) is 9.84 Å². The van der Waals surface area contributed by atoms with Crippen LogP contribution in [0.5, 0.6) is 5.75 Å². The molecule has 1 atom stereocenters. The number of aliphatic hydroxyl groups excluding tert-OH is 1. The molecule has 1 aromatic rings. The van der Waals surface area contributed by atoms with Gasteiger partial charge in [0, 0.05) is 12.5 Å². The minimum atomic E-state index is -0.249. The normalized spacial score (nSPS) is 20.6. The third-order valence-corrected chi connectivity index (χ3v) is 2.26. The van der Waals surface area contributed by atoms with E-state index in [-0.39, 0.29) is 18.3 Å². The van der Waals surface area contributed by atoms with E-state index in [1.165, 1.54) is 12.1 Å². The number of aliphatic hydroxyl groups is 1. The summed E-state index contributed by atoms with van der Waals surface area (Å²) in [6.45, 7) is 0.616. The Morgan fingerprint density at radius 2 is 2.38 bits per heavy atom. The molecule has 1 aliphatic rings. The molecule has 0 aliphatic carbocycles. The number of hydrogen-bond acceptors (Lipinski definition) is 2. The summed E-state index contributed by atoms with van der Waals surface area (Å²) < 4.78 is 18.2. The van der Waals surface area contributed by atoms with Gasteiger partial charge in [-0.15, -0.1) is 0 Å². The first-order chi connectivity index (χ1) is 6.29. The maximum absolute atomic E-state index is 12.8. The highest BCUT2D eigenvalue weighted by molar-refractivity contribution is 5.35. The van der Waals surface area contributed by atoms with Gasteiger partial charge in [0.05, 0.1) is 6.61 Å². The van der Waals surface area contributed by atoms with Gasteiger partial charge in [-0.2, -0.15) is 0 Å². The quantitative estimate of drug-likeness (QED) is 0.710. The smallest absolute Gasteiger partial charge is 0.123 e. The van der Waals surface area contributed by atoms with Gasteiger partial charge in [0.1, 0.15) is 11.6 Å². The van der Waals surface area contributed by atoms with Crippen LogP contribution in [0.4, 0.5) is 4.39 Å². The molecule has 2 rings (SSSR count). The zero-order valence-corrected chi connectivity index (χ0v) is 7.16. The average molecular weight is 182 g/mol. The molecule has 1 aromatic carbocycles. The van der Waals surface area contributed by atoms with Crippen molar-refractivity contribution in [3.8, 4) is 5.75 Å². The summed E-state index contributed by atoms with van der Waals surface area (Å²) in [5.41, 5.74) is 0.852. The van der Waals surface area contributed by atoms with E-state index >= 15 is 0 Å². The summed E-state index contributed by atoms with van der Waals surface area (Å²) >= 11 is 0. The molecule has 0 aromatic heterocycles. The number of rotatable bonds is 1. The minimum Gasteiger partial charge on any atom is -0.493 e. The van der Waals surface area contributed by atoms with Gasteiger partial charge < -0.3 is 9.84 Å². The fraction of sp³-hybridized carbons (Fsp3) is 0.400. The second kappa shape index (κ2) is 3.34. The zero-order valence-electron chi connectivity index (χ0n) is 7.16. The van der Waals surface area contributed by atoms with Crippen molar-refractivity contribution in [1.82, 2.24) is 0 Å². The molecule has 0 bridgehead atoms. The van der Waals surface area contributed by atoms with E-state index in [0.29, 0.717) is 13.0 Å². The summed E-state index contributed by atoms with van der Waals surface area (Å²) in [5, 5.41) is 8.91. The van der Waals surface area contributed by atoms with Gasteiger partial charge in [0.2, 0.25) is 0 Å². The lowest BCUT2D eigenvalue weighted by molar-refractivity contribution is 0.146. The van der Waals surface area contributed by atoms with Gasteiger partial charge in [-0.1, -0.05) is 0 Å². The Morgan fingerprint density at radius 1 is 1.54 bits per heavy atom. The summed E-state index contributed by atoms with van der Waals surface area (Å²) in [6.07, 6.45) is 0.698. The number of ether oxygens (including phenoxy) is 1. The van der Waals surface area contributed by atoms with Crippen molar-refractivity contribution in [3.63, 3.8) is 0 Å².